The van der Waals surface area contributed by atoms with Gasteiger partial charge in [-0.05, 0) is 19.1 Å². The molecule has 2 aromatic rings. The third-order valence-corrected chi connectivity index (χ3v) is 2.73. The van der Waals surface area contributed by atoms with Crippen molar-refractivity contribution in [2.45, 2.75) is 6.92 Å². The van der Waals surface area contributed by atoms with Gasteiger partial charge in [-0.3, -0.25) is 0 Å². The van der Waals surface area contributed by atoms with Crippen LogP contribution in [0.1, 0.15) is 5.56 Å². The predicted molar refractivity (Wildman–Crippen MR) is 85.4 cm³/mol. The summed E-state index contributed by atoms with van der Waals surface area (Å²) >= 11 is 0. The first kappa shape index (κ1) is 15.9. The number of nitrogens with zero attached hydrogens (tertiary/aromatic N) is 3. The maximum Gasteiger partial charge on any atom is 0.233 e. The third kappa shape index (κ3) is 4.83. The van der Waals surface area contributed by atoms with Crippen molar-refractivity contribution in [1.82, 2.24) is 15.0 Å². The molecule has 0 bridgehead atoms. The zero-order valence-corrected chi connectivity index (χ0v) is 12.4. The van der Waals surface area contributed by atoms with E-state index in [9.17, 15) is 0 Å². The fraction of sp³-hybridized carbons (Fsp3) is 0.357. The van der Waals surface area contributed by atoms with Crippen LogP contribution < -0.4 is 16.0 Å². The Morgan fingerprint density at radius 1 is 0.818 bits per heavy atom. The van der Waals surface area contributed by atoms with Gasteiger partial charge in [-0.25, -0.2) is 0 Å². The molecule has 0 saturated carbocycles. The molecule has 8 heteroatoms. The number of anilines is 4. The molecule has 0 aliphatic rings. The van der Waals surface area contributed by atoms with Gasteiger partial charge in [0.1, 0.15) is 0 Å². The number of aromatic nitrogens is 3. The lowest BCUT2D eigenvalue weighted by Crippen LogP contribution is -2.14. The van der Waals surface area contributed by atoms with Crippen LogP contribution in [0.25, 0.3) is 0 Å². The minimum Gasteiger partial charge on any atom is -0.395 e. The van der Waals surface area contributed by atoms with Gasteiger partial charge in [0.15, 0.2) is 0 Å². The van der Waals surface area contributed by atoms with Crippen molar-refractivity contribution in [1.29, 1.82) is 0 Å². The van der Waals surface area contributed by atoms with Gasteiger partial charge in [0, 0.05) is 18.8 Å². The van der Waals surface area contributed by atoms with E-state index in [1.165, 1.54) is 0 Å². The molecule has 0 radical (unpaired) electrons. The van der Waals surface area contributed by atoms with E-state index < -0.39 is 0 Å². The molecule has 1 heterocycles. The molecule has 1 aromatic carbocycles. The van der Waals surface area contributed by atoms with Gasteiger partial charge in [0.05, 0.1) is 13.2 Å². The van der Waals surface area contributed by atoms with Gasteiger partial charge in [-0.1, -0.05) is 17.7 Å². The molecular weight excluding hydrogens is 284 g/mol. The highest BCUT2D eigenvalue weighted by molar-refractivity contribution is 5.55. The molecule has 0 unspecified atom stereocenters. The fourth-order valence-corrected chi connectivity index (χ4v) is 1.69. The van der Waals surface area contributed by atoms with Gasteiger partial charge in [-0.15, -0.1) is 0 Å². The highest BCUT2D eigenvalue weighted by Crippen LogP contribution is 2.16. The number of aliphatic hydroxyl groups is 2. The predicted octanol–water partition coefficient (Wildman–Crippen LogP) is 0.732. The largest absolute Gasteiger partial charge is 0.395 e. The van der Waals surface area contributed by atoms with Gasteiger partial charge < -0.3 is 26.2 Å². The molecule has 0 saturated heterocycles. The first-order valence-corrected chi connectivity index (χ1v) is 7.00. The van der Waals surface area contributed by atoms with Crippen LogP contribution >= 0.6 is 0 Å². The van der Waals surface area contributed by atoms with E-state index in [2.05, 4.69) is 30.9 Å². The van der Waals surface area contributed by atoms with E-state index >= 15 is 0 Å². The Labute approximate surface area is 128 Å². The second kappa shape index (κ2) is 8.11. The Kier molecular flexibility index (Phi) is 5.87. The summed E-state index contributed by atoms with van der Waals surface area (Å²) in [7, 11) is 0. The van der Waals surface area contributed by atoms with Crippen LogP contribution in [-0.2, 0) is 0 Å². The van der Waals surface area contributed by atoms with E-state index in [4.69, 9.17) is 10.2 Å². The number of aliphatic hydroxyl groups excluding tert-OH is 2. The average Bonchev–Trinajstić information content (AvgIpc) is 2.53. The normalized spacial score (nSPS) is 10.3. The Bertz CT molecular complexity index is 564. The molecule has 0 aliphatic heterocycles. The molecule has 22 heavy (non-hydrogen) atoms. The van der Waals surface area contributed by atoms with Gasteiger partial charge in [-0.2, -0.15) is 15.0 Å². The summed E-state index contributed by atoms with van der Waals surface area (Å²) in [5.74, 6) is 1.07. The molecule has 2 rings (SSSR count). The van der Waals surface area contributed by atoms with Crippen LogP contribution in [0.3, 0.4) is 0 Å². The highest BCUT2D eigenvalue weighted by atomic mass is 16.3. The van der Waals surface area contributed by atoms with Crippen LogP contribution in [-0.4, -0.2) is 51.5 Å². The molecule has 0 atom stereocenters. The van der Waals surface area contributed by atoms with Gasteiger partial charge >= 0.3 is 0 Å². The van der Waals surface area contributed by atoms with Crippen molar-refractivity contribution in [3.05, 3.63) is 29.8 Å². The molecule has 5 N–H and O–H groups in total. The zero-order valence-electron chi connectivity index (χ0n) is 12.4. The molecule has 118 valence electrons. The SMILES string of the molecule is Cc1ccc(Nc2nc(NCCO)nc(NCCO)n2)cc1. The Hall–Kier alpha value is -2.45. The van der Waals surface area contributed by atoms with Crippen molar-refractivity contribution >= 4 is 23.5 Å². The maximum absolute atomic E-state index is 8.87. The minimum absolute atomic E-state index is 0.0220. The standard InChI is InChI=1S/C14H20N6O2/c1-10-2-4-11(5-3-10)17-14-19-12(15-6-8-21)18-13(20-14)16-7-9-22/h2-5,21-22H,6-9H2,1H3,(H3,15,16,17,18,19,20). The van der Waals surface area contributed by atoms with E-state index in [0.717, 1.165) is 11.3 Å². The van der Waals surface area contributed by atoms with Crippen LogP contribution in [0.5, 0.6) is 0 Å². The summed E-state index contributed by atoms with van der Waals surface area (Å²) in [5, 5.41) is 26.6. The monoisotopic (exact) mass is 304 g/mol. The zero-order chi connectivity index (χ0) is 15.8. The minimum atomic E-state index is -0.0220. The number of nitrogens with one attached hydrogen (secondary N) is 3. The maximum atomic E-state index is 8.87. The van der Waals surface area contributed by atoms with E-state index in [-0.39, 0.29) is 13.2 Å². The molecule has 8 nitrogen and oxygen atoms in total. The Balaban J connectivity index is 2.18. The van der Waals surface area contributed by atoms with Crippen molar-refractivity contribution in [3.63, 3.8) is 0 Å². The average molecular weight is 304 g/mol. The quantitative estimate of drug-likeness (QED) is 0.485. The highest BCUT2D eigenvalue weighted by Gasteiger charge is 2.06. The first-order chi connectivity index (χ1) is 10.7. The second-order valence-electron chi connectivity index (χ2n) is 4.60. The number of benzene rings is 1. The van der Waals surface area contributed by atoms with Crippen LogP contribution in [0.15, 0.2) is 24.3 Å². The van der Waals surface area contributed by atoms with E-state index in [0.29, 0.717) is 30.9 Å². The molecule has 0 spiro atoms. The summed E-state index contributed by atoms with van der Waals surface area (Å²) in [4.78, 5) is 12.6. The van der Waals surface area contributed by atoms with Crippen molar-refractivity contribution in [2.24, 2.45) is 0 Å². The van der Waals surface area contributed by atoms with E-state index in [1.54, 1.807) is 0 Å². The first-order valence-electron chi connectivity index (χ1n) is 7.00. The van der Waals surface area contributed by atoms with Gasteiger partial charge in [0.2, 0.25) is 17.8 Å². The second-order valence-corrected chi connectivity index (χ2v) is 4.60. The number of hydrogen-bond acceptors (Lipinski definition) is 8. The van der Waals surface area contributed by atoms with Crippen molar-refractivity contribution in [2.75, 3.05) is 42.3 Å². The lowest BCUT2D eigenvalue weighted by atomic mass is 10.2. The van der Waals surface area contributed by atoms with Crippen molar-refractivity contribution in [3.8, 4) is 0 Å². The summed E-state index contributed by atoms with van der Waals surface area (Å²) in [5.41, 5.74) is 2.02. The van der Waals surface area contributed by atoms with Crippen LogP contribution in [0.2, 0.25) is 0 Å². The molecule has 0 fully saturated rings. The summed E-state index contributed by atoms with van der Waals surface area (Å²) in [6.07, 6.45) is 0. The van der Waals surface area contributed by atoms with E-state index in [1.807, 2.05) is 31.2 Å². The molecule has 1 aromatic heterocycles. The smallest absolute Gasteiger partial charge is 0.233 e. The summed E-state index contributed by atoms with van der Waals surface area (Å²) in [6, 6.07) is 7.83. The van der Waals surface area contributed by atoms with Crippen LogP contribution in [0.4, 0.5) is 23.5 Å². The lowest BCUT2D eigenvalue weighted by molar-refractivity contribution is 0.310. The topological polar surface area (TPSA) is 115 Å². The molecule has 0 amide bonds. The van der Waals surface area contributed by atoms with Crippen molar-refractivity contribution < 1.29 is 10.2 Å². The number of rotatable bonds is 8. The Morgan fingerprint density at radius 2 is 1.32 bits per heavy atom. The molecular formula is C14H20N6O2. The van der Waals surface area contributed by atoms with Gasteiger partial charge in [0.25, 0.3) is 0 Å². The summed E-state index contributed by atoms with van der Waals surface area (Å²) in [6.45, 7) is 2.65. The molecule has 0 aliphatic carbocycles. The Morgan fingerprint density at radius 3 is 1.82 bits per heavy atom. The number of aryl methyl sites for hydroxylation is 1. The third-order valence-electron chi connectivity index (χ3n) is 2.73. The summed E-state index contributed by atoms with van der Waals surface area (Å²) < 4.78 is 0. The number of hydrogen-bond donors (Lipinski definition) is 5. The lowest BCUT2D eigenvalue weighted by Gasteiger charge is -2.10. The fourth-order valence-electron chi connectivity index (χ4n) is 1.69. The van der Waals surface area contributed by atoms with Crippen LogP contribution in [0, 0.1) is 6.92 Å².